The Bertz CT molecular complexity index is 403. The summed E-state index contributed by atoms with van der Waals surface area (Å²) in [5, 5.41) is 0. The van der Waals surface area contributed by atoms with Gasteiger partial charge in [0.15, 0.2) is 0 Å². The minimum atomic E-state index is 0.209. The van der Waals surface area contributed by atoms with Crippen molar-refractivity contribution >= 4 is 5.69 Å². The first-order chi connectivity index (χ1) is 8.54. The Labute approximate surface area is 110 Å². The summed E-state index contributed by atoms with van der Waals surface area (Å²) in [5.74, 6) is 0.965. The van der Waals surface area contributed by atoms with Crippen molar-refractivity contribution in [3.8, 4) is 5.75 Å². The number of ether oxygens (including phenoxy) is 1. The summed E-state index contributed by atoms with van der Waals surface area (Å²) in [5.41, 5.74) is 7.69. The molecule has 0 amide bonds. The van der Waals surface area contributed by atoms with Gasteiger partial charge in [0, 0.05) is 19.1 Å². The molecule has 0 aromatic heterocycles. The third kappa shape index (κ3) is 2.61. The summed E-state index contributed by atoms with van der Waals surface area (Å²) in [6.45, 7) is 9.17. The molecule has 1 saturated heterocycles. The molecule has 2 N–H and O–H groups in total. The Balaban J connectivity index is 2.18. The molecule has 18 heavy (non-hydrogen) atoms. The smallest absolute Gasteiger partial charge is 0.142 e. The summed E-state index contributed by atoms with van der Waals surface area (Å²) in [7, 11) is 0. The molecular formula is C15H24N2O. The van der Waals surface area contributed by atoms with E-state index in [1.807, 2.05) is 19.1 Å². The van der Waals surface area contributed by atoms with Crippen LogP contribution in [0, 0.1) is 5.41 Å². The molecule has 0 radical (unpaired) electrons. The maximum atomic E-state index is 6.28. The number of nitrogens with two attached hydrogens (primary N) is 1. The van der Waals surface area contributed by atoms with E-state index >= 15 is 0 Å². The zero-order chi connectivity index (χ0) is 13.2. The molecule has 1 atom stereocenters. The predicted octanol–water partition coefficient (Wildman–Crippen LogP) is 2.65. The average molecular weight is 248 g/mol. The van der Waals surface area contributed by atoms with Gasteiger partial charge in [0.2, 0.25) is 0 Å². The van der Waals surface area contributed by atoms with Gasteiger partial charge in [0.1, 0.15) is 5.75 Å². The molecule has 3 nitrogen and oxygen atoms in total. The summed E-state index contributed by atoms with van der Waals surface area (Å²) < 4.78 is 5.69. The maximum Gasteiger partial charge on any atom is 0.142 e. The largest absolute Gasteiger partial charge is 0.492 e. The van der Waals surface area contributed by atoms with Crippen molar-refractivity contribution < 1.29 is 4.74 Å². The van der Waals surface area contributed by atoms with Crippen LogP contribution in [-0.2, 0) is 0 Å². The Morgan fingerprint density at radius 2 is 2.11 bits per heavy atom. The van der Waals surface area contributed by atoms with E-state index in [4.69, 9.17) is 10.5 Å². The highest BCUT2D eigenvalue weighted by molar-refractivity contribution is 5.59. The van der Waals surface area contributed by atoms with Crippen molar-refractivity contribution in [2.75, 3.05) is 24.6 Å². The van der Waals surface area contributed by atoms with Gasteiger partial charge in [-0.25, -0.2) is 0 Å². The van der Waals surface area contributed by atoms with Gasteiger partial charge in [-0.3, -0.25) is 0 Å². The van der Waals surface area contributed by atoms with Gasteiger partial charge >= 0.3 is 0 Å². The molecule has 0 saturated carbocycles. The van der Waals surface area contributed by atoms with Crippen LogP contribution in [0.1, 0.15) is 27.2 Å². The molecule has 0 bridgehead atoms. The van der Waals surface area contributed by atoms with Gasteiger partial charge in [0.05, 0.1) is 12.3 Å². The first-order valence-electron chi connectivity index (χ1n) is 6.77. The van der Waals surface area contributed by atoms with E-state index in [2.05, 4.69) is 30.9 Å². The normalized spacial score (nSPS) is 22.9. The fourth-order valence-corrected chi connectivity index (χ4v) is 2.40. The highest BCUT2D eigenvalue weighted by atomic mass is 16.5. The first kappa shape index (κ1) is 13.2. The minimum absolute atomic E-state index is 0.209. The SMILES string of the molecule is CCOc1ccccc1N1CCC(C)(C)C(N)C1. The zero-order valence-electron chi connectivity index (χ0n) is 11.6. The quantitative estimate of drug-likeness (QED) is 0.893. The van der Waals surface area contributed by atoms with Crippen LogP contribution < -0.4 is 15.4 Å². The summed E-state index contributed by atoms with van der Waals surface area (Å²) in [6.07, 6.45) is 1.12. The highest BCUT2D eigenvalue weighted by Crippen LogP contribution is 2.35. The van der Waals surface area contributed by atoms with Crippen LogP contribution in [0.4, 0.5) is 5.69 Å². The van der Waals surface area contributed by atoms with E-state index in [-0.39, 0.29) is 11.5 Å². The van der Waals surface area contributed by atoms with Gasteiger partial charge in [-0.2, -0.15) is 0 Å². The fraction of sp³-hybridized carbons (Fsp3) is 0.600. The topological polar surface area (TPSA) is 38.5 Å². The van der Waals surface area contributed by atoms with Crippen LogP contribution in [0.2, 0.25) is 0 Å². The molecule has 100 valence electrons. The number of hydrogen-bond donors (Lipinski definition) is 1. The van der Waals surface area contributed by atoms with Crippen LogP contribution in [0.5, 0.6) is 5.75 Å². The van der Waals surface area contributed by atoms with Crippen LogP contribution in [0.15, 0.2) is 24.3 Å². The van der Waals surface area contributed by atoms with Crippen molar-refractivity contribution in [2.24, 2.45) is 11.1 Å². The second kappa shape index (κ2) is 5.19. The number of rotatable bonds is 3. The lowest BCUT2D eigenvalue weighted by molar-refractivity contribution is 0.234. The lowest BCUT2D eigenvalue weighted by atomic mass is 9.78. The maximum absolute atomic E-state index is 6.28. The Morgan fingerprint density at radius 1 is 1.39 bits per heavy atom. The molecule has 1 aliphatic rings. The van der Waals surface area contributed by atoms with Crippen LogP contribution in [-0.4, -0.2) is 25.7 Å². The molecule has 1 unspecified atom stereocenters. The Hall–Kier alpha value is -1.22. The summed E-state index contributed by atoms with van der Waals surface area (Å²) in [6, 6.07) is 8.44. The summed E-state index contributed by atoms with van der Waals surface area (Å²) >= 11 is 0. The average Bonchev–Trinajstić information content (AvgIpc) is 2.34. The van der Waals surface area contributed by atoms with Gasteiger partial charge in [0.25, 0.3) is 0 Å². The minimum Gasteiger partial charge on any atom is -0.492 e. The summed E-state index contributed by atoms with van der Waals surface area (Å²) in [4.78, 5) is 2.35. The second-order valence-corrected chi connectivity index (χ2v) is 5.69. The molecule has 1 aromatic carbocycles. The monoisotopic (exact) mass is 248 g/mol. The van der Waals surface area contributed by atoms with Crippen molar-refractivity contribution in [1.29, 1.82) is 0 Å². The van der Waals surface area contributed by atoms with Crippen molar-refractivity contribution in [1.82, 2.24) is 0 Å². The molecular weight excluding hydrogens is 224 g/mol. The van der Waals surface area contributed by atoms with Crippen molar-refractivity contribution in [3.63, 3.8) is 0 Å². The lowest BCUT2D eigenvalue weighted by Crippen LogP contribution is -2.53. The number of hydrogen-bond acceptors (Lipinski definition) is 3. The number of anilines is 1. The van der Waals surface area contributed by atoms with E-state index in [1.54, 1.807) is 0 Å². The van der Waals surface area contributed by atoms with Crippen LogP contribution in [0.3, 0.4) is 0 Å². The predicted molar refractivity (Wildman–Crippen MR) is 76.2 cm³/mol. The third-order valence-electron chi connectivity index (χ3n) is 3.95. The molecule has 1 heterocycles. The third-order valence-corrected chi connectivity index (χ3v) is 3.95. The Morgan fingerprint density at radius 3 is 2.78 bits per heavy atom. The standard InChI is InChI=1S/C15H24N2O/c1-4-18-13-8-6-5-7-12(13)17-10-9-15(2,3)14(16)11-17/h5-8,14H,4,9-11,16H2,1-3H3. The molecule has 2 rings (SSSR count). The lowest BCUT2D eigenvalue weighted by Gasteiger charge is -2.43. The van der Waals surface area contributed by atoms with E-state index in [1.165, 1.54) is 5.69 Å². The van der Waals surface area contributed by atoms with Crippen molar-refractivity contribution in [2.45, 2.75) is 33.2 Å². The van der Waals surface area contributed by atoms with Gasteiger partial charge in [-0.05, 0) is 30.9 Å². The first-order valence-corrected chi connectivity index (χ1v) is 6.77. The number of benzene rings is 1. The fourth-order valence-electron chi connectivity index (χ4n) is 2.40. The molecule has 0 spiro atoms. The van der Waals surface area contributed by atoms with Gasteiger partial charge in [-0.15, -0.1) is 0 Å². The van der Waals surface area contributed by atoms with E-state index in [0.29, 0.717) is 6.61 Å². The molecule has 1 fully saturated rings. The van der Waals surface area contributed by atoms with E-state index in [0.717, 1.165) is 25.3 Å². The van der Waals surface area contributed by atoms with Crippen molar-refractivity contribution in [3.05, 3.63) is 24.3 Å². The second-order valence-electron chi connectivity index (χ2n) is 5.69. The number of nitrogens with zero attached hydrogens (tertiary/aromatic N) is 1. The van der Waals surface area contributed by atoms with Crippen LogP contribution >= 0.6 is 0 Å². The number of piperidine rings is 1. The molecule has 3 heteroatoms. The Kier molecular flexibility index (Phi) is 3.81. The van der Waals surface area contributed by atoms with E-state index < -0.39 is 0 Å². The number of para-hydroxylation sites is 2. The highest BCUT2D eigenvalue weighted by Gasteiger charge is 2.33. The molecule has 1 aromatic rings. The molecule has 0 aliphatic carbocycles. The molecule has 1 aliphatic heterocycles. The van der Waals surface area contributed by atoms with E-state index in [9.17, 15) is 0 Å². The zero-order valence-corrected chi connectivity index (χ0v) is 11.6. The van der Waals surface area contributed by atoms with Gasteiger partial charge < -0.3 is 15.4 Å². The van der Waals surface area contributed by atoms with Crippen LogP contribution in [0.25, 0.3) is 0 Å². The van der Waals surface area contributed by atoms with Gasteiger partial charge in [-0.1, -0.05) is 26.0 Å².